The zero-order valence-electron chi connectivity index (χ0n) is 9.04. The van der Waals surface area contributed by atoms with E-state index in [2.05, 4.69) is 5.32 Å². The number of carbonyl (C=O) groups is 1. The molecular formula is C11H19NO3. The molecule has 0 aromatic heterocycles. The molecule has 0 spiro atoms. The van der Waals surface area contributed by atoms with Crippen LogP contribution in [-0.2, 0) is 14.3 Å². The van der Waals surface area contributed by atoms with Crippen LogP contribution in [0.15, 0.2) is 0 Å². The smallest absolute Gasteiger partial charge is 0.308 e. The van der Waals surface area contributed by atoms with E-state index < -0.39 is 0 Å². The summed E-state index contributed by atoms with van der Waals surface area (Å²) in [4.78, 5) is 11.4. The second-order valence-corrected chi connectivity index (χ2v) is 4.35. The first-order valence-electron chi connectivity index (χ1n) is 5.86. The standard InChI is InChI=1S/C11H19NO3/c13-10(5-4-9-7-12-8-9)15-11-3-1-2-6-14-11/h9,11-12H,1-8H2. The molecule has 86 valence electrons. The van der Waals surface area contributed by atoms with Gasteiger partial charge in [0.25, 0.3) is 0 Å². The predicted molar refractivity (Wildman–Crippen MR) is 55.3 cm³/mol. The molecule has 2 saturated heterocycles. The quantitative estimate of drug-likeness (QED) is 0.709. The van der Waals surface area contributed by atoms with Crippen LogP contribution in [-0.4, -0.2) is 32.0 Å². The lowest BCUT2D eigenvalue weighted by Gasteiger charge is -2.27. The molecule has 1 unspecified atom stereocenters. The molecule has 1 atom stereocenters. The zero-order valence-corrected chi connectivity index (χ0v) is 9.04. The van der Waals surface area contributed by atoms with Gasteiger partial charge in [-0.3, -0.25) is 4.79 Å². The Bertz CT molecular complexity index is 210. The van der Waals surface area contributed by atoms with E-state index in [9.17, 15) is 4.79 Å². The Balaban J connectivity index is 1.58. The minimum Gasteiger partial charge on any atom is -0.436 e. The summed E-state index contributed by atoms with van der Waals surface area (Å²) >= 11 is 0. The van der Waals surface area contributed by atoms with E-state index in [1.54, 1.807) is 0 Å². The summed E-state index contributed by atoms with van der Waals surface area (Å²) < 4.78 is 10.6. The molecule has 2 aliphatic rings. The number of ether oxygens (including phenoxy) is 2. The average molecular weight is 213 g/mol. The van der Waals surface area contributed by atoms with Crippen molar-refractivity contribution in [2.24, 2.45) is 5.92 Å². The summed E-state index contributed by atoms with van der Waals surface area (Å²) in [6, 6.07) is 0. The van der Waals surface area contributed by atoms with Crippen molar-refractivity contribution >= 4 is 5.97 Å². The molecule has 2 rings (SSSR count). The topological polar surface area (TPSA) is 47.6 Å². The highest BCUT2D eigenvalue weighted by molar-refractivity contribution is 5.69. The van der Waals surface area contributed by atoms with E-state index in [-0.39, 0.29) is 12.3 Å². The molecule has 0 aromatic rings. The number of hydrogen-bond acceptors (Lipinski definition) is 4. The largest absolute Gasteiger partial charge is 0.436 e. The Hall–Kier alpha value is -0.610. The fourth-order valence-electron chi connectivity index (χ4n) is 1.88. The molecule has 2 fully saturated rings. The van der Waals surface area contributed by atoms with Crippen LogP contribution in [0, 0.1) is 5.92 Å². The summed E-state index contributed by atoms with van der Waals surface area (Å²) in [5, 5.41) is 3.19. The number of hydrogen-bond donors (Lipinski definition) is 1. The third-order valence-electron chi connectivity index (χ3n) is 3.02. The summed E-state index contributed by atoms with van der Waals surface area (Å²) in [6.45, 7) is 2.82. The van der Waals surface area contributed by atoms with Crippen molar-refractivity contribution in [2.75, 3.05) is 19.7 Å². The molecule has 1 N–H and O–H groups in total. The van der Waals surface area contributed by atoms with Crippen molar-refractivity contribution in [2.45, 2.75) is 38.4 Å². The van der Waals surface area contributed by atoms with Gasteiger partial charge in [0.05, 0.1) is 6.61 Å². The van der Waals surface area contributed by atoms with E-state index in [0.29, 0.717) is 12.3 Å². The van der Waals surface area contributed by atoms with E-state index in [1.807, 2.05) is 0 Å². The monoisotopic (exact) mass is 213 g/mol. The summed E-state index contributed by atoms with van der Waals surface area (Å²) in [5.41, 5.74) is 0. The second-order valence-electron chi connectivity index (χ2n) is 4.35. The van der Waals surface area contributed by atoms with Crippen molar-refractivity contribution in [1.82, 2.24) is 5.32 Å². The third-order valence-corrected chi connectivity index (χ3v) is 3.02. The van der Waals surface area contributed by atoms with Crippen LogP contribution in [0.5, 0.6) is 0 Å². The van der Waals surface area contributed by atoms with Crippen LogP contribution in [0.3, 0.4) is 0 Å². The van der Waals surface area contributed by atoms with Gasteiger partial charge < -0.3 is 14.8 Å². The molecule has 2 aliphatic heterocycles. The first-order chi connectivity index (χ1) is 7.34. The van der Waals surface area contributed by atoms with Gasteiger partial charge in [-0.1, -0.05) is 0 Å². The van der Waals surface area contributed by atoms with Crippen molar-refractivity contribution in [3.63, 3.8) is 0 Å². The van der Waals surface area contributed by atoms with Gasteiger partial charge in [-0.25, -0.2) is 0 Å². The molecule has 0 aliphatic carbocycles. The SMILES string of the molecule is O=C(CCC1CNC1)OC1CCCCO1. The van der Waals surface area contributed by atoms with Gasteiger partial charge in [0.15, 0.2) is 0 Å². The molecule has 4 nitrogen and oxygen atoms in total. The fourth-order valence-corrected chi connectivity index (χ4v) is 1.88. The molecule has 0 saturated carbocycles. The van der Waals surface area contributed by atoms with E-state index >= 15 is 0 Å². The van der Waals surface area contributed by atoms with Crippen LogP contribution >= 0.6 is 0 Å². The highest BCUT2D eigenvalue weighted by atomic mass is 16.7. The van der Waals surface area contributed by atoms with Crippen LogP contribution in [0.4, 0.5) is 0 Å². The van der Waals surface area contributed by atoms with Crippen molar-refractivity contribution in [1.29, 1.82) is 0 Å². The number of esters is 1. The Morgan fingerprint density at radius 2 is 2.27 bits per heavy atom. The maximum absolute atomic E-state index is 11.4. The molecule has 4 heteroatoms. The Morgan fingerprint density at radius 1 is 1.40 bits per heavy atom. The molecule has 0 aromatic carbocycles. The highest BCUT2D eigenvalue weighted by Gasteiger charge is 2.21. The molecule has 2 heterocycles. The van der Waals surface area contributed by atoms with Crippen LogP contribution in [0.2, 0.25) is 0 Å². The Kier molecular flexibility index (Phi) is 3.97. The number of rotatable bonds is 4. The van der Waals surface area contributed by atoms with E-state index in [4.69, 9.17) is 9.47 Å². The number of nitrogens with one attached hydrogen (secondary N) is 1. The first kappa shape index (κ1) is 10.9. The van der Waals surface area contributed by atoms with Crippen molar-refractivity contribution in [3.8, 4) is 0 Å². The van der Waals surface area contributed by atoms with Gasteiger partial charge in [-0.05, 0) is 38.3 Å². The Morgan fingerprint density at radius 3 is 2.87 bits per heavy atom. The van der Waals surface area contributed by atoms with Gasteiger partial charge in [0.2, 0.25) is 6.29 Å². The average Bonchev–Trinajstić information content (AvgIpc) is 2.17. The van der Waals surface area contributed by atoms with Gasteiger partial charge in [0, 0.05) is 12.8 Å². The minimum atomic E-state index is -0.272. The van der Waals surface area contributed by atoms with Crippen molar-refractivity contribution < 1.29 is 14.3 Å². The molecule has 15 heavy (non-hydrogen) atoms. The highest BCUT2D eigenvalue weighted by Crippen LogP contribution is 2.16. The predicted octanol–water partition coefficient (Wildman–Crippen LogP) is 1.06. The molecule has 0 amide bonds. The van der Waals surface area contributed by atoms with E-state index in [0.717, 1.165) is 45.4 Å². The molecule has 0 radical (unpaired) electrons. The lowest BCUT2D eigenvalue weighted by molar-refractivity contribution is -0.187. The Labute approximate surface area is 90.3 Å². The zero-order chi connectivity index (χ0) is 10.5. The van der Waals surface area contributed by atoms with Gasteiger partial charge >= 0.3 is 5.97 Å². The van der Waals surface area contributed by atoms with Crippen LogP contribution in [0.1, 0.15) is 32.1 Å². The summed E-state index contributed by atoms with van der Waals surface area (Å²) in [6.07, 6.45) is 4.25. The maximum Gasteiger partial charge on any atom is 0.308 e. The summed E-state index contributed by atoms with van der Waals surface area (Å²) in [7, 11) is 0. The first-order valence-corrected chi connectivity index (χ1v) is 5.86. The van der Waals surface area contributed by atoms with Gasteiger partial charge in [-0.2, -0.15) is 0 Å². The summed E-state index contributed by atoms with van der Waals surface area (Å²) in [5.74, 6) is 0.568. The normalized spacial score (nSPS) is 27.1. The van der Waals surface area contributed by atoms with Crippen LogP contribution in [0.25, 0.3) is 0 Å². The van der Waals surface area contributed by atoms with E-state index in [1.165, 1.54) is 0 Å². The van der Waals surface area contributed by atoms with Crippen molar-refractivity contribution in [3.05, 3.63) is 0 Å². The fraction of sp³-hybridized carbons (Fsp3) is 0.909. The lowest BCUT2D eigenvalue weighted by Crippen LogP contribution is -2.42. The maximum atomic E-state index is 11.4. The number of carbonyl (C=O) groups excluding carboxylic acids is 1. The van der Waals surface area contributed by atoms with Gasteiger partial charge in [0.1, 0.15) is 0 Å². The second kappa shape index (κ2) is 5.47. The minimum absolute atomic E-state index is 0.103. The molecular weight excluding hydrogens is 194 g/mol. The lowest BCUT2D eigenvalue weighted by atomic mass is 9.98. The van der Waals surface area contributed by atoms with Gasteiger partial charge in [-0.15, -0.1) is 0 Å². The third kappa shape index (κ3) is 3.47. The van der Waals surface area contributed by atoms with Crippen LogP contribution < -0.4 is 5.32 Å². The molecule has 0 bridgehead atoms.